The van der Waals surface area contributed by atoms with Crippen LogP contribution in [0.5, 0.6) is 0 Å². The molecule has 1 aromatic rings. The molecular formula is C12H20N2O2S. The highest BCUT2D eigenvalue weighted by molar-refractivity contribution is 7.89. The highest BCUT2D eigenvalue weighted by Crippen LogP contribution is 2.21. The van der Waals surface area contributed by atoms with Crippen molar-refractivity contribution < 1.29 is 8.42 Å². The molecule has 0 fully saturated rings. The fourth-order valence-corrected chi connectivity index (χ4v) is 2.19. The van der Waals surface area contributed by atoms with Gasteiger partial charge in [0.2, 0.25) is 10.0 Å². The van der Waals surface area contributed by atoms with Crippen molar-refractivity contribution in [2.24, 2.45) is 10.6 Å². The second-order valence-electron chi connectivity index (χ2n) is 5.44. The Morgan fingerprint density at radius 1 is 1.29 bits per heavy atom. The molecule has 3 N–H and O–H groups in total. The van der Waals surface area contributed by atoms with Crippen molar-refractivity contribution in [3.05, 3.63) is 23.8 Å². The van der Waals surface area contributed by atoms with E-state index in [-0.39, 0.29) is 10.3 Å². The molecule has 96 valence electrons. The van der Waals surface area contributed by atoms with E-state index >= 15 is 0 Å². The van der Waals surface area contributed by atoms with Gasteiger partial charge in [0.05, 0.1) is 4.90 Å². The highest BCUT2D eigenvalue weighted by atomic mass is 32.2. The zero-order valence-corrected chi connectivity index (χ0v) is 11.6. The molecule has 0 aliphatic rings. The summed E-state index contributed by atoms with van der Waals surface area (Å²) in [5.41, 5.74) is 1.57. The van der Waals surface area contributed by atoms with Crippen LogP contribution in [-0.4, -0.2) is 15.0 Å². The minimum absolute atomic E-state index is 0.132. The lowest BCUT2D eigenvalue weighted by atomic mass is 9.97. The second kappa shape index (κ2) is 4.66. The molecule has 17 heavy (non-hydrogen) atoms. The Labute approximate surface area is 103 Å². The molecule has 1 rings (SSSR count). The van der Waals surface area contributed by atoms with Crippen LogP contribution in [0.3, 0.4) is 0 Å². The summed E-state index contributed by atoms with van der Waals surface area (Å²) in [6.07, 6.45) is 0. The van der Waals surface area contributed by atoms with Gasteiger partial charge in [-0.25, -0.2) is 13.6 Å². The summed E-state index contributed by atoms with van der Waals surface area (Å²) < 4.78 is 22.7. The van der Waals surface area contributed by atoms with E-state index in [1.54, 1.807) is 19.1 Å². The number of anilines is 1. The predicted molar refractivity (Wildman–Crippen MR) is 70.5 cm³/mol. The van der Waals surface area contributed by atoms with Gasteiger partial charge in [-0.3, -0.25) is 0 Å². The van der Waals surface area contributed by atoms with Gasteiger partial charge in [0.1, 0.15) is 0 Å². The van der Waals surface area contributed by atoms with Gasteiger partial charge < -0.3 is 5.32 Å². The Morgan fingerprint density at radius 3 is 2.35 bits per heavy atom. The topological polar surface area (TPSA) is 72.2 Å². The molecule has 0 amide bonds. The molecule has 0 heterocycles. The zero-order valence-electron chi connectivity index (χ0n) is 10.7. The Bertz CT molecular complexity index is 502. The number of sulfonamides is 1. The molecule has 0 radical (unpaired) electrons. The highest BCUT2D eigenvalue weighted by Gasteiger charge is 2.13. The summed E-state index contributed by atoms with van der Waals surface area (Å²) in [6.45, 7) is 8.81. The normalized spacial score (nSPS) is 12.5. The quantitative estimate of drug-likeness (QED) is 0.870. The van der Waals surface area contributed by atoms with Gasteiger partial charge in [-0.15, -0.1) is 0 Å². The van der Waals surface area contributed by atoms with Crippen LogP contribution in [0, 0.1) is 12.3 Å². The van der Waals surface area contributed by atoms with Crippen molar-refractivity contribution in [2.75, 3.05) is 11.9 Å². The van der Waals surface area contributed by atoms with Gasteiger partial charge in [-0.2, -0.15) is 0 Å². The van der Waals surface area contributed by atoms with Crippen LogP contribution in [-0.2, 0) is 10.0 Å². The Balaban J connectivity index is 2.98. The van der Waals surface area contributed by atoms with E-state index in [4.69, 9.17) is 5.14 Å². The van der Waals surface area contributed by atoms with Crippen LogP contribution in [0.1, 0.15) is 26.3 Å². The number of aryl methyl sites for hydroxylation is 1. The molecule has 1 aromatic carbocycles. The van der Waals surface area contributed by atoms with Crippen LogP contribution in [0.15, 0.2) is 23.1 Å². The first-order valence-corrected chi connectivity index (χ1v) is 7.01. The largest absolute Gasteiger partial charge is 0.384 e. The average Bonchev–Trinajstić information content (AvgIpc) is 2.13. The van der Waals surface area contributed by atoms with E-state index in [9.17, 15) is 8.42 Å². The van der Waals surface area contributed by atoms with Gasteiger partial charge in [0.15, 0.2) is 0 Å². The summed E-state index contributed by atoms with van der Waals surface area (Å²) in [6, 6.07) is 5.19. The Morgan fingerprint density at radius 2 is 1.88 bits per heavy atom. The van der Waals surface area contributed by atoms with Gasteiger partial charge in [0, 0.05) is 12.2 Å². The standard InChI is InChI=1S/C12H20N2O2S/c1-9-5-6-10(14-8-12(2,3)4)7-11(9)17(13,15)16/h5-7,14H,8H2,1-4H3,(H2,13,15,16). The predicted octanol–water partition coefficient (Wildman–Crippen LogP) is 2.10. The second-order valence-corrected chi connectivity index (χ2v) is 6.97. The van der Waals surface area contributed by atoms with Crippen molar-refractivity contribution in [1.29, 1.82) is 0 Å². The third kappa shape index (κ3) is 4.36. The summed E-state index contributed by atoms with van der Waals surface area (Å²) in [5.74, 6) is 0. The fraction of sp³-hybridized carbons (Fsp3) is 0.500. The lowest BCUT2D eigenvalue weighted by Crippen LogP contribution is -2.19. The number of hydrogen-bond donors (Lipinski definition) is 2. The van der Waals surface area contributed by atoms with Gasteiger partial charge in [-0.1, -0.05) is 26.8 Å². The van der Waals surface area contributed by atoms with Crippen molar-refractivity contribution in [1.82, 2.24) is 0 Å². The molecule has 0 spiro atoms. The average molecular weight is 256 g/mol. The minimum Gasteiger partial charge on any atom is -0.384 e. The summed E-state index contributed by atoms with van der Waals surface area (Å²) >= 11 is 0. The van der Waals surface area contributed by atoms with Crippen molar-refractivity contribution >= 4 is 15.7 Å². The van der Waals surface area contributed by atoms with E-state index in [1.165, 1.54) is 0 Å². The maximum atomic E-state index is 11.4. The molecule has 0 saturated carbocycles. The maximum Gasteiger partial charge on any atom is 0.238 e. The monoisotopic (exact) mass is 256 g/mol. The number of rotatable bonds is 3. The van der Waals surface area contributed by atoms with E-state index < -0.39 is 10.0 Å². The first-order chi connectivity index (χ1) is 7.59. The number of nitrogens with one attached hydrogen (secondary N) is 1. The number of nitrogens with two attached hydrogens (primary N) is 1. The third-order valence-electron chi connectivity index (χ3n) is 2.32. The smallest absolute Gasteiger partial charge is 0.238 e. The van der Waals surface area contributed by atoms with Crippen LogP contribution < -0.4 is 10.5 Å². The molecule has 0 aliphatic heterocycles. The molecule has 0 saturated heterocycles. The number of primary sulfonamides is 1. The van der Waals surface area contributed by atoms with Crippen LogP contribution in [0.25, 0.3) is 0 Å². The van der Waals surface area contributed by atoms with Gasteiger partial charge >= 0.3 is 0 Å². The third-order valence-corrected chi connectivity index (χ3v) is 3.37. The molecule has 0 aromatic heterocycles. The van der Waals surface area contributed by atoms with Crippen LogP contribution >= 0.6 is 0 Å². The summed E-state index contributed by atoms with van der Waals surface area (Å²) in [4.78, 5) is 0.177. The molecule has 0 atom stereocenters. The number of benzene rings is 1. The summed E-state index contributed by atoms with van der Waals surface area (Å²) in [5, 5.41) is 8.36. The Hall–Kier alpha value is -1.07. The zero-order chi connectivity index (χ0) is 13.3. The van der Waals surface area contributed by atoms with E-state index in [2.05, 4.69) is 26.1 Å². The lowest BCUT2D eigenvalue weighted by Gasteiger charge is -2.20. The van der Waals surface area contributed by atoms with Crippen molar-refractivity contribution in [3.63, 3.8) is 0 Å². The molecule has 4 nitrogen and oxygen atoms in total. The number of hydrogen-bond acceptors (Lipinski definition) is 3. The van der Waals surface area contributed by atoms with E-state index in [0.29, 0.717) is 5.56 Å². The van der Waals surface area contributed by atoms with Crippen molar-refractivity contribution in [2.45, 2.75) is 32.6 Å². The van der Waals surface area contributed by atoms with Crippen LogP contribution in [0.2, 0.25) is 0 Å². The molecule has 5 heteroatoms. The first kappa shape index (κ1) is 14.0. The van der Waals surface area contributed by atoms with Gasteiger partial charge in [-0.05, 0) is 30.0 Å². The van der Waals surface area contributed by atoms with E-state index in [1.807, 2.05) is 6.07 Å². The lowest BCUT2D eigenvalue weighted by molar-refractivity contribution is 0.443. The van der Waals surface area contributed by atoms with Crippen LogP contribution in [0.4, 0.5) is 5.69 Å². The van der Waals surface area contributed by atoms with E-state index in [0.717, 1.165) is 12.2 Å². The molecule has 0 unspecified atom stereocenters. The maximum absolute atomic E-state index is 11.4. The summed E-state index contributed by atoms with van der Waals surface area (Å²) in [7, 11) is -3.65. The fourth-order valence-electron chi connectivity index (χ4n) is 1.38. The molecular weight excluding hydrogens is 236 g/mol. The molecule has 0 bridgehead atoms. The SMILES string of the molecule is Cc1ccc(NCC(C)(C)C)cc1S(N)(=O)=O. The first-order valence-electron chi connectivity index (χ1n) is 5.47. The minimum atomic E-state index is -3.65. The van der Waals surface area contributed by atoms with Crippen molar-refractivity contribution in [3.8, 4) is 0 Å². The Kier molecular flexibility index (Phi) is 3.84. The van der Waals surface area contributed by atoms with Gasteiger partial charge in [0.25, 0.3) is 0 Å². The molecule has 0 aliphatic carbocycles.